The Morgan fingerprint density at radius 2 is 1.79 bits per heavy atom. The lowest BCUT2D eigenvalue weighted by Gasteiger charge is -2.19. The molecule has 0 aromatic heterocycles. The standard InChI is InChI=1S/C16H24N2O/c1-13(2)17-16(19)9-12-18-10-7-14-5-3-4-6-15(14)8-11-18/h3-6,13H,7-12H2,1-2H3,(H,17,19). The molecule has 0 atom stereocenters. The number of nitrogens with zero attached hydrogens (tertiary/aromatic N) is 1. The van der Waals surface area contributed by atoms with Gasteiger partial charge in [0.25, 0.3) is 0 Å². The molecule has 0 radical (unpaired) electrons. The lowest BCUT2D eigenvalue weighted by Crippen LogP contribution is -2.35. The number of nitrogens with one attached hydrogen (secondary N) is 1. The number of amides is 1. The number of fused-ring (bicyclic) bond motifs is 1. The first-order chi connectivity index (χ1) is 9.15. The first-order valence-electron chi connectivity index (χ1n) is 7.23. The fourth-order valence-corrected chi connectivity index (χ4v) is 2.59. The molecule has 1 N–H and O–H groups in total. The van der Waals surface area contributed by atoms with Crippen molar-refractivity contribution < 1.29 is 4.79 Å². The molecule has 2 rings (SSSR count). The van der Waals surface area contributed by atoms with Crippen molar-refractivity contribution in [2.45, 2.75) is 39.2 Å². The molecule has 0 spiro atoms. The van der Waals surface area contributed by atoms with Gasteiger partial charge in [0.1, 0.15) is 0 Å². The van der Waals surface area contributed by atoms with E-state index in [1.807, 2.05) is 13.8 Å². The predicted octanol–water partition coefficient (Wildman–Crippen LogP) is 2.00. The Kier molecular flexibility index (Phi) is 4.97. The zero-order chi connectivity index (χ0) is 13.7. The fraction of sp³-hybridized carbons (Fsp3) is 0.562. The maximum absolute atomic E-state index is 11.7. The van der Waals surface area contributed by atoms with Crippen LogP contribution in [-0.4, -0.2) is 36.5 Å². The summed E-state index contributed by atoms with van der Waals surface area (Å²) in [7, 11) is 0. The van der Waals surface area contributed by atoms with E-state index in [1.54, 1.807) is 0 Å². The van der Waals surface area contributed by atoms with E-state index in [2.05, 4.69) is 34.5 Å². The first-order valence-corrected chi connectivity index (χ1v) is 7.23. The van der Waals surface area contributed by atoms with Crippen molar-refractivity contribution in [2.24, 2.45) is 0 Å². The van der Waals surface area contributed by atoms with E-state index in [9.17, 15) is 4.79 Å². The minimum atomic E-state index is 0.164. The Morgan fingerprint density at radius 3 is 2.32 bits per heavy atom. The third kappa shape index (κ3) is 4.35. The molecule has 104 valence electrons. The van der Waals surface area contributed by atoms with Gasteiger partial charge in [-0.2, -0.15) is 0 Å². The Hall–Kier alpha value is -1.35. The molecule has 1 aromatic rings. The van der Waals surface area contributed by atoms with Gasteiger partial charge in [-0.05, 0) is 37.8 Å². The molecule has 19 heavy (non-hydrogen) atoms. The second kappa shape index (κ2) is 6.71. The van der Waals surface area contributed by atoms with Crippen LogP contribution in [0.2, 0.25) is 0 Å². The van der Waals surface area contributed by atoms with Gasteiger partial charge in [0.15, 0.2) is 0 Å². The molecule has 1 aliphatic rings. The zero-order valence-corrected chi connectivity index (χ0v) is 12.0. The van der Waals surface area contributed by atoms with Crippen molar-refractivity contribution in [3.8, 4) is 0 Å². The lowest BCUT2D eigenvalue weighted by atomic mass is 10.0. The van der Waals surface area contributed by atoms with Gasteiger partial charge in [0.05, 0.1) is 0 Å². The van der Waals surface area contributed by atoms with E-state index < -0.39 is 0 Å². The second-order valence-electron chi connectivity index (χ2n) is 5.58. The van der Waals surface area contributed by atoms with E-state index >= 15 is 0 Å². The molecule has 0 saturated carbocycles. The van der Waals surface area contributed by atoms with Gasteiger partial charge in [-0.3, -0.25) is 4.79 Å². The van der Waals surface area contributed by atoms with Gasteiger partial charge < -0.3 is 10.2 Å². The molecule has 0 aliphatic carbocycles. The summed E-state index contributed by atoms with van der Waals surface area (Å²) in [5.74, 6) is 0.164. The highest BCUT2D eigenvalue weighted by Gasteiger charge is 2.14. The van der Waals surface area contributed by atoms with Gasteiger partial charge in [-0.15, -0.1) is 0 Å². The van der Waals surface area contributed by atoms with Crippen molar-refractivity contribution in [3.05, 3.63) is 35.4 Å². The predicted molar refractivity (Wildman–Crippen MR) is 78.2 cm³/mol. The Bertz CT molecular complexity index is 402. The average molecular weight is 260 g/mol. The number of carbonyl (C=O) groups is 1. The molecule has 0 bridgehead atoms. The summed E-state index contributed by atoms with van der Waals surface area (Å²) in [5.41, 5.74) is 2.94. The number of carbonyl (C=O) groups excluding carboxylic acids is 1. The monoisotopic (exact) mass is 260 g/mol. The van der Waals surface area contributed by atoms with Gasteiger partial charge in [0.2, 0.25) is 5.91 Å². The van der Waals surface area contributed by atoms with E-state index in [0.717, 1.165) is 32.5 Å². The number of benzene rings is 1. The lowest BCUT2D eigenvalue weighted by molar-refractivity contribution is -0.121. The van der Waals surface area contributed by atoms with Crippen LogP contribution in [0.1, 0.15) is 31.4 Å². The quantitative estimate of drug-likeness (QED) is 0.898. The van der Waals surface area contributed by atoms with Crippen LogP contribution in [0.25, 0.3) is 0 Å². The highest BCUT2D eigenvalue weighted by atomic mass is 16.1. The summed E-state index contributed by atoms with van der Waals surface area (Å²) >= 11 is 0. The number of hydrogen-bond donors (Lipinski definition) is 1. The second-order valence-corrected chi connectivity index (χ2v) is 5.58. The van der Waals surface area contributed by atoms with Crippen molar-refractivity contribution in [1.82, 2.24) is 10.2 Å². The maximum Gasteiger partial charge on any atom is 0.221 e. The molecule has 1 aliphatic heterocycles. The molecule has 0 fully saturated rings. The fourth-order valence-electron chi connectivity index (χ4n) is 2.59. The SMILES string of the molecule is CC(C)NC(=O)CCN1CCc2ccccc2CC1. The van der Waals surface area contributed by atoms with Crippen LogP contribution in [0.15, 0.2) is 24.3 Å². The minimum absolute atomic E-state index is 0.164. The summed E-state index contributed by atoms with van der Waals surface area (Å²) < 4.78 is 0. The normalized spacial score (nSPS) is 15.9. The van der Waals surface area contributed by atoms with Gasteiger partial charge in [0, 0.05) is 32.1 Å². The average Bonchev–Trinajstić information content (AvgIpc) is 2.58. The summed E-state index contributed by atoms with van der Waals surface area (Å²) in [6.07, 6.45) is 2.80. The van der Waals surface area contributed by atoms with Crippen LogP contribution in [0.4, 0.5) is 0 Å². The van der Waals surface area contributed by atoms with Crippen LogP contribution < -0.4 is 5.32 Å². The van der Waals surface area contributed by atoms with Crippen molar-refractivity contribution in [1.29, 1.82) is 0 Å². The number of rotatable bonds is 4. The van der Waals surface area contributed by atoms with E-state index in [4.69, 9.17) is 0 Å². The van der Waals surface area contributed by atoms with E-state index in [-0.39, 0.29) is 11.9 Å². The summed E-state index contributed by atoms with van der Waals surface area (Å²) in [4.78, 5) is 14.1. The van der Waals surface area contributed by atoms with Crippen LogP contribution in [-0.2, 0) is 17.6 Å². The molecular formula is C16H24N2O. The topological polar surface area (TPSA) is 32.3 Å². The van der Waals surface area contributed by atoms with Crippen LogP contribution in [0, 0.1) is 0 Å². The minimum Gasteiger partial charge on any atom is -0.354 e. The molecule has 1 heterocycles. The van der Waals surface area contributed by atoms with Crippen molar-refractivity contribution in [2.75, 3.05) is 19.6 Å². The molecule has 0 unspecified atom stereocenters. The Morgan fingerprint density at radius 1 is 1.21 bits per heavy atom. The largest absolute Gasteiger partial charge is 0.354 e. The van der Waals surface area contributed by atoms with Gasteiger partial charge in [-0.1, -0.05) is 24.3 Å². The molecule has 3 nitrogen and oxygen atoms in total. The Labute approximate surface area is 116 Å². The van der Waals surface area contributed by atoms with E-state index in [1.165, 1.54) is 11.1 Å². The van der Waals surface area contributed by atoms with Crippen molar-refractivity contribution >= 4 is 5.91 Å². The molecular weight excluding hydrogens is 236 g/mol. The number of hydrogen-bond acceptors (Lipinski definition) is 2. The third-order valence-electron chi connectivity index (χ3n) is 3.62. The smallest absolute Gasteiger partial charge is 0.221 e. The maximum atomic E-state index is 11.7. The first kappa shape index (κ1) is 14.1. The molecule has 1 aromatic carbocycles. The van der Waals surface area contributed by atoms with Crippen molar-refractivity contribution in [3.63, 3.8) is 0 Å². The molecule has 0 saturated heterocycles. The Balaban J connectivity index is 1.80. The van der Waals surface area contributed by atoms with Gasteiger partial charge >= 0.3 is 0 Å². The summed E-state index contributed by atoms with van der Waals surface area (Å²) in [6.45, 7) is 6.99. The zero-order valence-electron chi connectivity index (χ0n) is 12.0. The highest BCUT2D eigenvalue weighted by Crippen LogP contribution is 2.15. The molecule has 1 amide bonds. The van der Waals surface area contributed by atoms with Gasteiger partial charge in [-0.25, -0.2) is 0 Å². The highest BCUT2D eigenvalue weighted by molar-refractivity contribution is 5.76. The van der Waals surface area contributed by atoms with Crippen LogP contribution in [0.3, 0.4) is 0 Å². The summed E-state index contributed by atoms with van der Waals surface area (Å²) in [5, 5.41) is 2.95. The third-order valence-corrected chi connectivity index (χ3v) is 3.62. The molecule has 3 heteroatoms. The van der Waals surface area contributed by atoms with Crippen LogP contribution >= 0.6 is 0 Å². The van der Waals surface area contributed by atoms with Crippen LogP contribution in [0.5, 0.6) is 0 Å². The van der Waals surface area contributed by atoms with E-state index in [0.29, 0.717) is 6.42 Å². The summed E-state index contributed by atoms with van der Waals surface area (Å²) in [6, 6.07) is 8.92.